The van der Waals surface area contributed by atoms with Gasteiger partial charge in [-0.1, -0.05) is 26.2 Å². The number of aromatic nitrogens is 1. The number of aromatic amines is 1. The topological polar surface area (TPSA) is 42.1 Å². The molecule has 1 heterocycles. The molecule has 100 valence electrons. The number of esters is 1. The molecule has 0 spiro atoms. The Balaban J connectivity index is 2.12. The Morgan fingerprint density at radius 2 is 2.17 bits per heavy atom. The quantitative estimate of drug-likeness (QED) is 0.823. The van der Waals surface area contributed by atoms with Crippen LogP contribution in [0.5, 0.6) is 0 Å². The second-order valence-electron chi connectivity index (χ2n) is 5.21. The van der Waals surface area contributed by atoms with E-state index in [1.165, 1.54) is 32.1 Å². The van der Waals surface area contributed by atoms with Gasteiger partial charge in [0.25, 0.3) is 0 Å². The van der Waals surface area contributed by atoms with Crippen LogP contribution in [-0.4, -0.2) is 17.6 Å². The second-order valence-corrected chi connectivity index (χ2v) is 5.21. The van der Waals surface area contributed by atoms with Gasteiger partial charge in [-0.05, 0) is 37.7 Å². The zero-order chi connectivity index (χ0) is 13.0. The lowest BCUT2D eigenvalue weighted by molar-refractivity contribution is 0.0524. The predicted octanol–water partition coefficient (Wildman–Crippen LogP) is 3.88. The van der Waals surface area contributed by atoms with E-state index in [0.29, 0.717) is 18.4 Å². The minimum atomic E-state index is -0.198. The van der Waals surface area contributed by atoms with Gasteiger partial charge in [-0.15, -0.1) is 0 Å². The summed E-state index contributed by atoms with van der Waals surface area (Å²) in [5.74, 6) is 0.918. The van der Waals surface area contributed by atoms with Crippen molar-refractivity contribution in [3.05, 3.63) is 23.5 Å². The lowest BCUT2D eigenvalue weighted by atomic mass is 9.79. The van der Waals surface area contributed by atoms with Gasteiger partial charge in [0.05, 0.1) is 12.2 Å². The number of H-pyrrole nitrogens is 1. The number of nitrogens with one attached hydrogen (secondary N) is 1. The fraction of sp³-hybridized carbons (Fsp3) is 0.667. The largest absolute Gasteiger partial charge is 0.462 e. The number of hydrogen-bond acceptors (Lipinski definition) is 2. The van der Waals surface area contributed by atoms with Crippen molar-refractivity contribution in [2.75, 3.05) is 6.61 Å². The first-order chi connectivity index (χ1) is 8.74. The van der Waals surface area contributed by atoms with E-state index < -0.39 is 0 Å². The van der Waals surface area contributed by atoms with Gasteiger partial charge in [-0.3, -0.25) is 0 Å². The van der Waals surface area contributed by atoms with Crippen molar-refractivity contribution < 1.29 is 9.53 Å². The molecule has 1 fully saturated rings. The van der Waals surface area contributed by atoms with Gasteiger partial charge < -0.3 is 9.72 Å². The smallest absolute Gasteiger partial charge is 0.339 e. The van der Waals surface area contributed by atoms with E-state index in [9.17, 15) is 4.79 Å². The minimum Gasteiger partial charge on any atom is -0.462 e. The SMILES string of the molecule is CCOC(=O)c1cc[nH]c1C(C)C1CCCCC1. The first-order valence-electron chi connectivity index (χ1n) is 7.08. The van der Waals surface area contributed by atoms with Crippen LogP contribution in [0.2, 0.25) is 0 Å². The van der Waals surface area contributed by atoms with Crippen LogP contribution < -0.4 is 0 Å². The molecule has 0 aliphatic heterocycles. The van der Waals surface area contributed by atoms with Crippen molar-refractivity contribution in [3.63, 3.8) is 0 Å². The zero-order valence-electron chi connectivity index (χ0n) is 11.4. The summed E-state index contributed by atoms with van der Waals surface area (Å²) >= 11 is 0. The van der Waals surface area contributed by atoms with Crippen LogP contribution in [0.4, 0.5) is 0 Å². The van der Waals surface area contributed by atoms with Crippen LogP contribution in [-0.2, 0) is 4.74 Å². The van der Waals surface area contributed by atoms with Crippen LogP contribution in [0.25, 0.3) is 0 Å². The first-order valence-corrected chi connectivity index (χ1v) is 7.08. The summed E-state index contributed by atoms with van der Waals surface area (Å²) in [6.45, 7) is 4.50. The van der Waals surface area contributed by atoms with Crippen molar-refractivity contribution >= 4 is 5.97 Å². The van der Waals surface area contributed by atoms with Crippen LogP contribution >= 0.6 is 0 Å². The summed E-state index contributed by atoms with van der Waals surface area (Å²) in [4.78, 5) is 15.1. The molecule has 1 aliphatic carbocycles. The lowest BCUT2D eigenvalue weighted by Gasteiger charge is -2.27. The molecule has 0 radical (unpaired) electrons. The molecule has 2 rings (SSSR count). The Morgan fingerprint density at radius 3 is 2.83 bits per heavy atom. The summed E-state index contributed by atoms with van der Waals surface area (Å²) < 4.78 is 5.11. The van der Waals surface area contributed by atoms with Crippen molar-refractivity contribution in [1.29, 1.82) is 0 Å². The highest BCUT2D eigenvalue weighted by molar-refractivity contribution is 5.91. The Morgan fingerprint density at radius 1 is 1.44 bits per heavy atom. The molecule has 1 aromatic heterocycles. The van der Waals surface area contributed by atoms with E-state index in [-0.39, 0.29) is 5.97 Å². The Hall–Kier alpha value is -1.25. The highest BCUT2D eigenvalue weighted by Gasteiger charge is 2.26. The summed E-state index contributed by atoms with van der Waals surface area (Å²) in [5, 5.41) is 0. The third-order valence-corrected chi connectivity index (χ3v) is 4.09. The molecule has 0 amide bonds. The third-order valence-electron chi connectivity index (χ3n) is 4.09. The molecule has 3 nitrogen and oxygen atoms in total. The molecular formula is C15H23NO2. The van der Waals surface area contributed by atoms with Crippen LogP contribution in [0.1, 0.15) is 67.9 Å². The Labute approximate surface area is 109 Å². The van der Waals surface area contributed by atoms with Gasteiger partial charge in [0, 0.05) is 11.9 Å². The van der Waals surface area contributed by atoms with Gasteiger partial charge in [0.2, 0.25) is 0 Å². The standard InChI is InChI=1S/C15H23NO2/c1-3-18-15(17)13-9-10-16-14(13)11(2)12-7-5-4-6-8-12/h9-12,16H,3-8H2,1-2H3. The van der Waals surface area contributed by atoms with Gasteiger partial charge in [0.1, 0.15) is 0 Å². The molecule has 18 heavy (non-hydrogen) atoms. The van der Waals surface area contributed by atoms with Crippen molar-refractivity contribution in [1.82, 2.24) is 4.98 Å². The third kappa shape index (κ3) is 2.77. The number of ether oxygens (including phenoxy) is 1. The number of hydrogen-bond donors (Lipinski definition) is 1. The highest BCUT2D eigenvalue weighted by atomic mass is 16.5. The molecule has 1 saturated carbocycles. The van der Waals surface area contributed by atoms with Gasteiger partial charge in [0.15, 0.2) is 0 Å². The molecule has 1 aliphatic rings. The summed E-state index contributed by atoms with van der Waals surface area (Å²) in [7, 11) is 0. The first kappa shape index (κ1) is 13.2. The molecule has 3 heteroatoms. The molecule has 1 N–H and O–H groups in total. The highest BCUT2D eigenvalue weighted by Crippen LogP contribution is 2.36. The average molecular weight is 249 g/mol. The normalized spacial score (nSPS) is 18.6. The molecule has 1 aromatic rings. The van der Waals surface area contributed by atoms with Crippen LogP contribution in [0.15, 0.2) is 12.3 Å². The minimum absolute atomic E-state index is 0.198. The maximum Gasteiger partial charge on any atom is 0.339 e. The van der Waals surface area contributed by atoms with E-state index in [1.807, 2.05) is 19.2 Å². The van der Waals surface area contributed by atoms with Gasteiger partial charge in [-0.25, -0.2) is 4.79 Å². The molecule has 1 unspecified atom stereocenters. The molecular weight excluding hydrogens is 226 g/mol. The van der Waals surface area contributed by atoms with E-state index >= 15 is 0 Å². The summed E-state index contributed by atoms with van der Waals surface area (Å²) in [5.41, 5.74) is 1.77. The Kier molecular flexibility index (Phi) is 4.45. The molecule has 0 aromatic carbocycles. The summed E-state index contributed by atoms with van der Waals surface area (Å²) in [6, 6.07) is 1.84. The second kappa shape index (κ2) is 6.07. The monoisotopic (exact) mass is 249 g/mol. The maximum absolute atomic E-state index is 11.9. The van der Waals surface area contributed by atoms with E-state index in [1.54, 1.807) is 0 Å². The van der Waals surface area contributed by atoms with Crippen molar-refractivity contribution in [2.24, 2.45) is 5.92 Å². The average Bonchev–Trinajstić information content (AvgIpc) is 2.88. The number of rotatable bonds is 4. The summed E-state index contributed by atoms with van der Waals surface area (Å²) in [6.07, 6.45) is 8.42. The van der Waals surface area contributed by atoms with Crippen molar-refractivity contribution in [2.45, 2.75) is 51.9 Å². The van der Waals surface area contributed by atoms with E-state index in [2.05, 4.69) is 11.9 Å². The fourth-order valence-corrected chi connectivity index (χ4v) is 3.02. The molecule has 1 atom stereocenters. The van der Waals surface area contributed by atoms with E-state index in [4.69, 9.17) is 4.74 Å². The number of carbonyl (C=O) groups excluding carboxylic acids is 1. The lowest BCUT2D eigenvalue weighted by Crippen LogP contribution is -2.17. The van der Waals surface area contributed by atoms with Crippen LogP contribution in [0.3, 0.4) is 0 Å². The predicted molar refractivity (Wildman–Crippen MR) is 71.7 cm³/mol. The Bertz CT molecular complexity index is 391. The van der Waals surface area contributed by atoms with Gasteiger partial charge in [-0.2, -0.15) is 0 Å². The van der Waals surface area contributed by atoms with Gasteiger partial charge >= 0.3 is 5.97 Å². The van der Waals surface area contributed by atoms with E-state index in [0.717, 1.165) is 11.3 Å². The molecule has 0 saturated heterocycles. The zero-order valence-corrected chi connectivity index (χ0v) is 11.4. The number of carbonyl (C=O) groups is 1. The molecule has 0 bridgehead atoms. The van der Waals surface area contributed by atoms with Crippen molar-refractivity contribution in [3.8, 4) is 0 Å². The fourth-order valence-electron chi connectivity index (χ4n) is 3.02. The van der Waals surface area contributed by atoms with Crippen LogP contribution in [0, 0.1) is 5.92 Å². The maximum atomic E-state index is 11.9.